The molecular weight excluding hydrogens is 388 g/mol. The minimum absolute atomic E-state index is 0.164. The summed E-state index contributed by atoms with van der Waals surface area (Å²) in [6.07, 6.45) is 1.46. The Hall–Kier alpha value is -2.45. The summed E-state index contributed by atoms with van der Waals surface area (Å²) in [7, 11) is 0. The zero-order valence-corrected chi connectivity index (χ0v) is 17.6. The van der Waals surface area contributed by atoms with E-state index in [2.05, 4.69) is 29.0 Å². The highest BCUT2D eigenvalue weighted by atomic mass is 32.1. The van der Waals surface area contributed by atoms with Gasteiger partial charge >= 0.3 is 5.76 Å². The number of thiazole rings is 1. The number of benzene rings is 1. The van der Waals surface area contributed by atoms with Gasteiger partial charge in [0.05, 0.1) is 11.2 Å². The molecule has 1 aliphatic rings. The summed E-state index contributed by atoms with van der Waals surface area (Å²) in [5, 5.41) is 5.46. The number of carbonyl (C=O) groups is 1. The smallest absolute Gasteiger partial charge is 0.408 e. The highest BCUT2D eigenvalue weighted by molar-refractivity contribution is 7.13. The average Bonchev–Trinajstić information content (AvgIpc) is 3.22. The number of anilines is 1. The first-order chi connectivity index (χ1) is 14.0. The van der Waals surface area contributed by atoms with Gasteiger partial charge in [-0.25, -0.2) is 9.78 Å². The second-order valence-corrected chi connectivity index (χ2v) is 8.93. The fourth-order valence-corrected chi connectivity index (χ4v) is 4.93. The molecule has 1 saturated heterocycles. The van der Waals surface area contributed by atoms with E-state index in [4.69, 9.17) is 4.42 Å². The van der Waals surface area contributed by atoms with Gasteiger partial charge in [0, 0.05) is 38.0 Å². The van der Waals surface area contributed by atoms with Crippen LogP contribution in [0.5, 0.6) is 0 Å². The molecule has 154 valence electrons. The molecule has 0 saturated carbocycles. The third-order valence-corrected chi connectivity index (χ3v) is 6.07. The van der Waals surface area contributed by atoms with E-state index < -0.39 is 5.76 Å². The molecule has 1 aliphatic heterocycles. The van der Waals surface area contributed by atoms with Gasteiger partial charge < -0.3 is 9.73 Å². The van der Waals surface area contributed by atoms with Gasteiger partial charge in [-0.3, -0.25) is 14.3 Å². The number of aryl methyl sites for hydroxylation is 1. The zero-order valence-electron chi connectivity index (χ0n) is 16.8. The van der Waals surface area contributed by atoms with Crippen LogP contribution in [0.4, 0.5) is 5.13 Å². The lowest BCUT2D eigenvalue weighted by atomic mass is 9.92. The molecule has 1 amide bonds. The van der Waals surface area contributed by atoms with Gasteiger partial charge in [0.15, 0.2) is 10.7 Å². The Kier molecular flexibility index (Phi) is 5.82. The number of rotatable bonds is 6. The predicted octanol–water partition coefficient (Wildman–Crippen LogP) is 3.56. The van der Waals surface area contributed by atoms with Crippen molar-refractivity contribution in [1.29, 1.82) is 0 Å². The largest absolute Gasteiger partial charge is 0.419 e. The number of hydrogen-bond acceptors (Lipinski definition) is 6. The van der Waals surface area contributed by atoms with Crippen LogP contribution in [0.25, 0.3) is 11.1 Å². The monoisotopic (exact) mass is 414 g/mol. The van der Waals surface area contributed by atoms with E-state index in [-0.39, 0.29) is 18.9 Å². The van der Waals surface area contributed by atoms with Crippen molar-refractivity contribution in [3.05, 3.63) is 45.9 Å². The fraction of sp³-hybridized carbons (Fsp3) is 0.476. The topological polar surface area (TPSA) is 80.4 Å². The number of likely N-dealkylation sites (tertiary alicyclic amines) is 1. The zero-order chi connectivity index (χ0) is 20.4. The number of amides is 1. The molecule has 0 radical (unpaired) electrons. The summed E-state index contributed by atoms with van der Waals surface area (Å²) in [4.78, 5) is 31.3. The van der Waals surface area contributed by atoms with E-state index >= 15 is 0 Å². The van der Waals surface area contributed by atoms with Crippen LogP contribution in [-0.2, 0) is 17.9 Å². The van der Waals surface area contributed by atoms with Crippen molar-refractivity contribution in [3.8, 4) is 0 Å². The summed E-state index contributed by atoms with van der Waals surface area (Å²) in [5.74, 6) is 0.807. The lowest BCUT2D eigenvalue weighted by molar-refractivity contribution is -0.116. The van der Waals surface area contributed by atoms with E-state index in [1.54, 1.807) is 6.07 Å². The lowest BCUT2D eigenvalue weighted by Crippen LogP contribution is -2.38. The summed E-state index contributed by atoms with van der Waals surface area (Å²) < 4.78 is 6.69. The first kappa shape index (κ1) is 19.8. The lowest BCUT2D eigenvalue weighted by Gasteiger charge is -2.34. The molecular formula is C21H26N4O3S. The van der Waals surface area contributed by atoms with Gasteiger partial charge in [-0.2, -0.15) is 0 Å². The SMILES string of the molecule is CC1CC(C)CN(Cc2csc(NC(=O)CCn3c(=O)oc4ccccc43)n2)C1. The second-order valence-electron chi connectivity index (χ2n) is 8.07. The van der Waals surface area contributed by atoms with Crippen molar-refractivity contribution in [2.24, 2.45) is 11.8 Å². The number of fused-ring (bicyclic) bond motifs is 1. The molecule has 1 aromatic carbocycles. The van der Waals surface area contributed by atoms with Crippen LogP contribution < -0.4 is 11.1 Å². The van der Waals surface area contributed by atoms with E-state index in [1.807, 2.05) is 23.6 Å². The van der Waals surface area contributed by atoms with Crippen LogP contribution in [0.1, 0.15) is 32.4 Å². The highest BCUT2D eigenvalue weighted by Gasteiger charge is 2.22. The van der Waals surface area contributed by atoms with E-state index in [0.717, 1.165) is 25.3 Å². The number of piperidine rings is 1. The first-order valence-electron chi connectivity index (χ1n) is 10.0. The second kappa shape index (κ2) is 8.51. The molecule has 8 heteroatoms. The van der Waals surface area contributed by atoms with E-state index in [1.165, 1.54) is 22.3 Å². The number of nitrogens with zero attached hydrogens (tertiary/aromatic N) is 3. The van der Waals surface area contributed by atoms with Crippen LogP contribution in [0.15, 0.2) is 38.9 Å². The number of aromatic nitrogens is 2. The maximum absolute atomic E-state index is 12.3. The van der Waals surface area contributed by atoms with Crippen LogP contribution in [0, 0.1) is 11.8 Å². The predicted molar refractivity (Wildman–Crippen MR) is 114 cm³/mol. The average molecular weight is 415 g/mol. The van der Waals surface area contributed by atoms with Crippen molar-refractivity contribution in [2.75, 3.05) is 18.4 Å². The Morgan fingerprint density at radius 1 is 1.28 bits per heavy atom. The molecule has 29 heavy (non-hydrogen) atoms. The fourth-order valence-electron chi connectivity index (χ4n) is 4.21. The first-order valence-corrected chi connectivity index (χ1v) is 10.9. The van der Waals surface area contributed by atoms with Crippen LogP contribution in [0.2, 0.25) is 0 Å². The quantitative estimate of drug-likeness (QED) is 0.667. The van der Waals surface area contributed by atoms with Crippen molar-refractivity contribution in [1.82, 2.24) is 14.5 Å². The number of para-hydroxylation sites is 2. The molecule has 3 aromatic rings. The Bertz CT molecular complexity index is 1040. The summed E-state index contributed by atoms with van der Waals surface area (Å²) >= 11 is 1.44. The summed E-state index contributed by atoms with van der Waals surface area (Å²) in [6.45, 7) is 7.86. The van der Waals surface area contributed by atoms with Crippen LogP contribution in [0.3, 0.4) is 0 Å². The molecule has 2 unspecified atom stereocenters. The Labute approximate surface area is 173 Å². The number of carbonyl (C=O) groups excluding carboxylic acids is 1. The number of hydrogen-bond donors (Lipinski definition) is 1. The van der Waals surface area contributed by atoms with E-state index in [0.29, 0.717) is 28.1 Å². The molecule has 7 nitrogen and oxygen atoms in total. The Morgan fingerprint density at radius 2 is 2.03 bits per heavy atom. The minimum Gasteiger partial charge on any atom is -0.408 e. The van der Waals surface area contributed by atoms with Crippen molar-refractivity contribution >= 4 is 33.5 Å². The van der Waals surface area contributed by atoms with Gasteiger partial charge in [0.1, 0.15) is 0 Å². The van der Waals surface area contributed by atoms with E-state index in [9.17, 15) is 9.59 Å². The summed E-state index contributed by atoms with van der Waals surface area (Å²) in [6, 6.07) is 7.21. The third-order valence-electron chi connectivity index (χ3n) is 5.26. The minimum atomic E-state index is -0.444. The van der Waals surface area contributed by atoms with Gasteiger partial charge in [0.2, 0.25) is 5.91 Å². The maximum atomic E-state index is 12.3. The maximum Gasteiger partial charge on any atom is 0.419 e. The van der Waals surface area contributed by atoms with Gasteiger partial charge in [-0.05, 0) is 30.4 Å². The van der Waals surface area contributed by atoms with Crippen LogP contribution >= 0.6 is 11.3 Å². The normalized spacial score (nSPS) is 20.2. The Morgan fingerprint density at radius 3 is 2.83 bits per heavy atom. The number of nitrogens with one attached hydrogen (secondary N) is 1. The molecule has 0 aliphatic carbocycles. The molecule has 0 spiro atoms. The van der Waals surface area contributed by atoms with Crippen molar-refractivity contribution in [3.63, 3.8) is 0 Å². The molecule has 2 aromatic heterocycles. The number of oxazole rings is 1. The molecule has 4 rings (SSSR count). The summed E-state index contributed by atoms with van der Waals surface area (Å²) in [5.41, 5.74) is 2.22. The molecule has 1 fully saturated rings. The molecule has 0 bridgehead atoms. The standard InChI is InChI=1S/C21H26N4O3S/c1-14-9-15(2)11-24(10-14)12-16-13-29-20(22-16)23-19(26)7-8-25-17-5-3-4-6-18(17)28-21(25)27/h3-6,13-15H,7-12H2,1-2H3,(H,22,23,26). The third kappa shape index (κ3) is 4.76. The highest BCUT2D eigenvalue weighted by Crippen LogP contribution is 2.24. The van der Waals surface area contributed by atoms with Gasteiger partial charge in [0.25, 0.3) is 0 Å². The van der Waals surface area contributed by atoms with Crippen molar-refractivity contribution < 1.29 is 9.21 Å². The molecule has 2 atom stereocenters. The van der Waals surface area contributed by atoms with Crippen molar-refractivity contribution in [2.45, 2.75) is 39.8 Å². The van der Waals surface area contributed by atoms with Gasteiger partial charge in [-0.1, -0.05) is 26.0 Å². The van der Waals surface area contributed by atoms with Crippen LogP contribution in [-0.4, -0.2) is 33.4 Å². The molecule has 1 N–H and O–H groups in total. The van der Waals surface area contributed by atoms with Gasteiger partial charge in [-0.15, -0.1) is 11.3 Å². The molecule has 3 heterocycles. The Balaban J connectivity index is 1.32.